The third-order valence-corrected chi connectivity index (χ3v) is 3.36. The Morgan fingerprint density at radius 3 is 2.67 bits per heavy atom. The minimum absolute atomic E-state index is 0.143. The Labute approximate surface area is 121 Å². The first-order chi connectivity index (χ1) is 10.1. The van der Waals surface area contributed by atoms with E-state index in [2.05, 4.69) is 4.99 Å². The molecule has 5 nitrogen and oxygen atoms in total. The topological polar surface area (TPSA) is 70.0 Å². The molecule has 2 aromatic rings. The first-order valence-corrected chi connectivity index (χ1v) is 6.37. The first-order valence-electron chi connectivity index (χ1n) is 6.37. The number of likely N-dealkylation sites (N-methyl/N-ethyl adjacent to an activating group) is 1. The molecule has 5 heteroatoms. The molecule has 0 saturated carbocycles. The zero-order valence-corrected chi connectivity index (χ0v) is 11.3. The van der Waals surface area contributed by atoms with Crippen LogP contribution in [0.2, 0.25) is 0 Å². The van der Waals surface area contributed by atoms with Gasteiger partial charge in [-0.3, -0.25) is 4.79 Å². The fourth-order valence-corrected chi connectivity index (χ4v) is 2.30. The van der Waals surface area contributed by atoms with Crippen LogP contribution in [0.5, 0.6) is 0 Å². The monoisotopic (exact) mass is 280 g/mol. The smallest absolute Gasteiger partial charge is 0.335 e. The average molecular weight is 280 g/mol. The molecular weight excluding hydrogens is 268 g/mol. The Morgan fingerprint density at radius 1 is 1.14 bits per heavy atom. The van der Waals surface area contributed by atoms with E-state index < -0.39 is 5.97 Å². The zero-order valence-electron chi connectivity index (χ0n) is 11.3. The molecule has 1 aliphatic rings. The number of amides is 1. The van der Waals surface area contributed by atoms with Crippen LogP contribution in [0.3, 0.4) is 0 Å². The van der Waals surface area contributed by atoms with E-state index in [4.69, 9.17) is 5.11 Å². The van der Waals surface area contributed by atoms with Gasteiger partial charge < -0.3 is 10.0 Å². The van der Waals surface area contributed by atoms with Gasteiger partial charge in [-0.1, -0.05) is 24.3 Å². The third kappa shape index (κ3) is 2.18. The van der Waals surface area contributed by atoms with Crippen molar-refractivity contribution in [1.82, 2.24) is 0 Å². The van der Waals surface area contributed by atoms with Gasteiger partial charge in [-0.2, -0.15) is 0 Å². The van der Waals surface area contributed by atoms with Crippen molar-refractivity contribution < 1.29 is 14.7 Å². The molecular formula is C16H12N2O3. The van der Waals surface area contributed by atoms with Crippen LogP contribution in [0.15, 0.2) is 53.5 Å². The second kappa shape index (κ2) is 4.86. The van der Waals surface area contributed by atoms with Gasteiger partial charge >= 0.3 is 5.97 Å². The van der Waals surface area contributed by atoms with E-state index >= 15 is 0 Å². The highest BCUT2D eigenvalue weighted by Crippen LogP contribution is 2.29. The van der Waals surface area contributed by atoms with E-state index in [9.17, 15) is 9.59 Å². The minimum atomic E-state index is -1.02. The highest BCUT2D eigenvalue weighted by atomic mass is 16.4. The number of carbonyl (C=O) groups is 2. The molecule has 0 atom stereocenters. The Bertz CT molecular complexity index is 781. The molecule has 0 bridgehead atoms. The summed E-state index contributed by atoms with van der Waals surface area (Å²) in [7, 11) is 1.69. The Hall–Kier alpha value is -2.95. The van der Waals surface area contributed by atoms with E-state index in [0.29, 0.717) is 11.4 Å². The standard InChI is InChI=1S/C16H12N2O3/c1-18-13-8-3-2-7-12(13)14(15(18)19)17-11-6-4-5-10(9-11)16(20)21/h2-9H,1H3,(H,20,21)/b17-14-. The van der Waals surface area contributed by atoms with Crippen molar-refractivity contribution in [2.45, 2.75) is 0 Å². The summed E-state index contributed by atoms with van der Waals surface area (Å²) in [5.74, 6) is -1.22. The molecule has 1 N–H and O–H groups in total. The van der Waals surface area contributed by atoms with Crippen molar-refractivity contribution in [3.05, 3.63) is 59.7 Å². The third-order valence-electron chi connectivity index (χ3n) is 3.36. The fourth-order valence-electron chi connectivity index (χ4n) is 2.30. The summed E-state index contributed by atoms with van der Waals surface area (Å²) in [5, 5.41) is 9.00. The Kier molecular flexibility index (Phi) is 3.02. The number of aliphatic imine (C=N–C) groups is 1. The van der Waals surface area contributed by atoms with Gasteiger partial charge in [0.15, 0.2) is 0 Å². The van der Waals surface area contributed by atoms with E-state index in [-0.39, 0.29) is 11.5 Å². The molecule has 1 heterocycles. The number of rotatable bonds is 2. The van der Waals surface area contributed by atoms with Crippen LogP contribution in [-0.4, -0.2) is 29.7 Å². The molecule has 0 saturated heterocycles. The summed E-state index contributed by atoms with van der Waals surface area (Å²) < 4.78 is 0. The van der Waals surface area contributed by atoms with Crippen molar-refractivity contribution in [2.75, 3.05) is 11.9 Å². The fraction of sp³-hybridized carbons (Fsp3) is 0.0625. The van der Waals surface area contributed by atoms with Crippen LogP contribution >= 0.6 is 0 Å². The molecule has 0 spiro atoms. The summed E-state index contributed by atoms with van der Waals surface area (Å²) in [6, 6.07) is 13.6. The van der Waals surface area contributed by atoms with E-state index in [1.54, 1.807) is 19.2 Å². The van der Waals surface area contributed by atoms with Crippen LogP contribution in [0.25, 0.3) is 0 Å². The number of benzene rings is 2. The van der Waals surface area contributed by atoms with Crippen molar-refractivity contribution in [1.29, 1.82) is 0 Å². The maximum atomic E-state index is 12.3. The van der Waals surface area contributed by atoms with Crippen molar-refractivity contribution in [3.63, 3.8) is 0 Å². The number of nitrogens with zero attached hydrogens (tertiary/aromatic N) is 2. The Morgan fingerprint density at radius 2 is 1.90 bits per heavy atom. The van der Waals surface area contributed by atoms with E-state index in [1.807, 2.05) is 24.3 Å². The van der Waals surface area contributed by atoms with Gasteiger partial charge in [-0.25, -0.2) is 9.79 Å². The molecule has 2 aromatic carbocycles. The summed E-state index contributed by atoms with van der Waals surface area (Å²) in [4.78, 5) is 29.1. The molecule has 1 amide bonds. The highest BCUT2D eigenvalue weighted by Gasteiger charge is 2.30. The van der Waals surface area contributed by atoms with E-state index in [0.717, 1.165) is 11.3 Å². The van der Waals surface area contributed by atoms with Gasteiger partial charge in [-0.15, -0.1) is 0 Å². The number of carboxylic acids is 1. The first kappa shape index (κ1) is 13.1. The molecule has 21 heavy (non-hydrogen) atoms. The Balaban J connectivity index is 2.10. The SMILES string of the molecule is CN1C(=O)/C(=N\c2cccc(C(=O)O)c2)c2ccccc21. The number of hydrogen-bond donors (Lipinski definition) is 1. The van der Waals surface area contributed by atoms with Crippen molar-refractivity contribution in [3.8, 4) is 0 Å². The normalized spacial score (nSPS) is 15.4. The van der Waals surface area contributed by atoms with Gasteiger partial charge in [0.05, 0.1) is 16.9 Å². The number of hydrogen-bond acceptors (Lipinski definition) is 3. The molecule has 3 rings (SSSR count). The number of anilines is 1. The average Bonchev–Trinajstić information content (AvgIpc) is 2.73. The van der Waals surface area contributed by atoms with Crippen LogP contribution in [0.1, 0.15) is 15.9 Å². The van der Waals surface area contributed by atoms with Crippen LogP contribution < -0.4 is 4.90 Å². The van der Waals surface area contributed by atoms with Crippen molar-refractivity contribution >= 4 is 29.0 Å². The maximum absolute atomic E-state index is 12.3. The number of carbonyl (C=O) groups excluding carboxylic acids is 1. The zero-order chi connectivity index (χ0) is 15.0. The molecule has 0 aliphatic carbocycles. The van der Waals surface area contributed by atoms with Gasteiger partial charge in [0, 0.05) is 12.6 Å². The lowest BCUT2D eigenvalue weighted by Gasteiger charge is -2.07. The highest BCUT2D eigenvalue weighted by molar-refractivity contribution is 6.54. The van der Waals surface area contributed by atoms with Crippen LogP contribution in [0, 0.1) is 0 Å². The van der Waals surface area contributed by atoms with Gasteiger partial charge in [0.1, 0.15) is 5.71 Å². The lowest BCUT2D eigenvalue weighted by molar-refractivity contribution is -0.111. The summed E-state index contributed by atoms with van der Waals surface area (Å²) >= 11 is 0. The number of fused-ring (bicyclic) bond motifs is 1. The number of carboxylic acid groups (broad SMARTS) is 1. The molecule has 0 radical (unpaired) electrons. The quantitative estimate of drug-likeness (QED) is 0.918. The molecule has 0 unspecified atom stereocenters. The van der Waals surface area contributed by atoms with Gasteiger partial charge in [-0.05, 0) is 24.3 Å². The minimum Gasteiger partial charge on any atom is -0.478 e. The number of para-hydroxylation sites is 1. The lowest BCUT2D eigenvalue weighted by atomic mass is 10.1. The van der Waals surface area contributed by atoms with Gasteiger partial charge in [0.2, 0.25) is 0 Å². The summed E-state index contributed by atoms with van der Waals surface area (Å²) in [5.41, 5.74) is 2.48. The maximum Gasteiger partial charge on any atom is 0.335 e. The second-order valence-electron chi connectivity index (χ2n) is 4.70. The number of aromatic carboxylic acids is 1. The van der Waals surface area contributed by atoms with E-state index in [1.165, 1.54) is 17.0 Å². The largest absolute Gasteiger partial charge is 0.478 e. The molecule has 0 aromatic heterocycles. The molecule has 1 aliphatic heterocycles. The lowest BCUT2D eigenvalue weighted by Crippen LogP contribution is -2.25. The summed E-state index contributed by atoms with van der Waals surface area (Å²) in [6.07, 6.45) is 0. The second-order valence-corrected chi connectivity index (χ2v) is 4.70. The molecule has 104 valence electrons. The van der Waals surface area contributed by atoms with Crippen molar-refractivity contribution in [2.24, 2.45) is 4.99 Å². The van der Waals surface area contributed by atoms with Crippen LogP contribution in [0.4, 0.5) is 11.4 Å². The van der Waals surface area contributed by atoms with Gasteiger partial charge in [0.25, 0.3) is 5.91 Å². The molecule has 0 fully saturated rings. The van der Waals surface area contributed by atoms with Crippen LogP contribution in [-0.2, 0) is 4.79 Å². The summed E-state index contributed by atoms with van der Waals surface area (Å²) in [6.45, 7) is 0. The predicted octanol–water partition coefficient (Wildman–Crippen LogP) is 2.48. The predicted molar refractivity (Wildman–Crippen MR) is 79.5 cm³/mol.